The molecule has 1 amide bonds. The predicted octanol–water partition coefficient (Wildman–Crippen LogP) is 4.34. The highest BCUT2D eigenvalue weighted by atomic mass is 16.1. The number of anilines is 2. The largest absolute Gasteiger partial charge is 0.376 e. The lowest BCUT2D eigenvalue weighted by Crippen LogP contribution is -2.16. The van der Waals surface area contributed by atoms with E-state index in [1.165, 1.54) is 10.8 Å². The lowest BCUT2D eigenvalue weighted by atomic mass is 9.96. The maximum absolute atomic E-state index is 12.2. The highest BCUT2D eigenvalue weighted by molar-refractivity contribution is 5.97. The Morgan fingerprint density at radius 1 is 0.818 bits per heavy atom. The van der Waals surface area contributed by atoms with Crippen LogP contribution in [0.3, 0.4) is 0 Å². The fourth-order valence-corrected chi connectivity index (χ4v) is 3.09. The minimum Gasteiger partial charge on any atom is -0.376 e. The molecule has 1 unspecified atom stereocenters. The lowest BCUT2D eigenvalue weighted by Gasteiger charge is -2.19. The topological polar surface area (TPSA) is 41.1 Å². The van der Waals surface area contributed by atoms with Gasteiger partial charge < -0.3 is 10.6 Å². The second-order valence-electron chi connectivity index (χ2n) is 5.56. The average molecular weight is 288 g/mol. The predicted molar refractivity (Wildman–Crippen MR) is 90.0 cm³/mol. The highest BCUT2D eigenvalue weighted by Gasteiger charge is 2.22. The van der Waals surface area contributed by atoms with Crippen LogP contribution in [0.15, 0.2) is 66.7 Å². The van der Waals surface area contributed by atoms with Crippen LogP contribution in [0.4, 0.5) is 11.4 Å². The van der Waals surface area contributed by atoms with E-state index in [1.54, 1.807) is 0 Å². The second kappa shape index (κ2) is 5.19. The number of hydrogen-bond acceptors (Lipinski definition) is 2. The molecule has 3 nitrogen and oxygen atoms in total. The second-order valence-corrected chi connectivity index (χ2v) is 5.56. The summed E-state index contributed by atoms with van der Waals surface area (Å²) < 4.78 is 0. The van der Waals surface area contributed by atoms with Crippen LogP contribution in [-0.2, 0) is 4.79 Å². The Morgan fingerprint density at radius 2 is 1.55 bits per heavy atom. The van der Waals surface area contributed by atoms with Crippen molar-refractivity contribution >= 4 is 28.1 Å². The summed E-state index contributed by atoms with van der Waals surface area (Å²) in [6, 6.07) is 22.3. The molecule has 1 atom stereocenters. The molecule has 0 aliphatic carbocycles. The van der Waals surface area contributed by atoms with Crippen molar-refractivity contribution in [2.75, 3.05) is 10.6 Å². The minimum atomic E-state index is -0.0326. The van der Waals surface area contributed by atoms with Gasteiger partial charge in [-0.25, -0.2) is 0 Å². The van der Waals surface area contributed by atoms with Crippen molar-refractivity contribution in [3.63, 3.8) is 0 Å². The van der Waals surface area contributed by atoms with Crippen LogP contribution in [0, 0.1) is 0 Å². The van der Waals surface area contributed by atoms with Gasteiger partial charge in [0.2, 0.25) is 5.91 Å². The maximum atomic E-state index is 12.2. The number of rotatable bonds is 1. The van der Waals surface area contributed by atoms with Crippen LogP contribution in [0.1, 0.15) is 18.0 Å². The Labute approximate surface area is 129 Å². The van der Waals surface area contributed by atoms with Crippen molar-refractivity contribution in [3.05, 3.63) is 72.3 Å². The molecular weight excluding hydrogens is 272 g/mol. The molecule has 0 saturated heterocycles. The van der Waals surface area contributed by atoms with Crippen molar-refractivity contribution in [1.29, 1.82) is 0 Å². The van der Waals surface area contributed by atoms with Crippen LogP contribution in [0.2, 0.25) is 0 Å². The van der Waals surface area contributed by atoms with Crippen molar-refractivity contribution in [2.45, 2.75) is 12.5 Å². The number of benzene rings is 3. The molecular formula is C19H16N2O. The zero-order valence-electron chi connectivity index (χ0n) is 12.0. The van der Waals surface area contributed by atoms with Gasteiger partial charge in [-0.1, -0.05) is 54.6 Å². The summed E-state index contributed by atoms with van der Waals surface area (Å²) in [5, 5.41) is 8.87. The van der Waals surface area contributed by atoms with Gasteiger partial charge in [0.05, 0.1) is 23.8 Å². The van der Waals surface area contributed by atoms with E-state index >= 15 is 0 Å². The van der Waals surface area contributed by atoms with E-state index in [4.69, 9.17) is 0 Å². The Bertz CT molecular complexity index is 851. The van der Waals surface area contributed by atoms with Crippen molar-refractivity contribution < 1.29 is 4.79 Å². The van der Waals surface area contributed by atoms with E-state index in [0.717, 1.165) is 16.9 Å². The molecule has 22 heavy (non-hydrogen) atoms. The third kappa shape index (κ3) is 2.21. The zero-order chi connectivity index (χ0) is 14.9. The highest BCUT2D eigenvalue weighted by Crippen LogP contribution is 2.34. The number of amides is 1. The van der Waals surface area contributed by atoms with E-state index < -0.39 is 0 Å². The van der Waals surface area contributed by atoms with Gasteiger partial charge in [-0.3, -0.25) is 4.79 Å². The first-order chi connectivity index (χ1) is 10.8. The van der Waals surface area contributed by atoms with Crippen LogP contribution in [-0.4, -0.2) is 5.91 Å². The summed E-state index contributed by atoms with van der Waals surface area (Å²) in [6.07, 6.45) is 0.419. The fraction of sp³-hybridized carbons (Fsp3) is 0.105. The summed E-state index contributed by atoms with van der Waals surface area (Å²) in [5.41, 5.74) is 2.96. The molecule has 1 heterocycles. The number of para-hydroxylation sites is 2. The molecule has 1 aliphatic rings. The molecule has 0 radical (unpaired) electrons. The third-order valence-electron chi connectivity index (χ3n) is 4.12. The SMILES string of the molecule is O=C1CC(c2cccc3ccccc23)Nc2ccccc2N1. The van der Waals surface area contributed by atoms with Gasteiger partial charge in [-0.05, 0) is 28.5 Å². The number of carbonyl (C=O) groups excluding carboxylic acids is 1. The van der Waals surface area contributed by atoms with Gasteiger partial charge >= 0.3 is 0 Å². The van der Waals surface area contributed by atoms with Crippen molar-refractivity contribution in [2.24, 2.45) is 0 Å². The smallest absolute Gasteiger partial charge is 0.226 e. The van der Waals surface area contributed by atoms with Gasteiger partial charge in [-0.2, -0.15) is 0 Å². The Kier molecular flexibility index (Phi) is 3.04. The van der Waals surface area contributed by atoms with Gasteiger partial charge in [-0.15, -0.1) is 0 Å². The Hall–Kier alpha value is -2.81. The monoisotopic (exact) mass is 288 g/mol. The third-order valence-corrected chi connectivity index (χ3v) is 4.12. The summed E-state index contributed by atoms with van der Waals surface area (Å²) >= 11 is 0. The van der Waals surface area contributed by atoms with Crippen LogP contribution in [0.5, 0.6) is 0 Å². The zero-order valence-corrected chi connectivity index (χ0v) is 12.0. The van der Waals surface area contributed by atoms with Crippen LogP contribution >= 0.6 is 0 Å². The minimum absolute atomic E-state index is 0.0326. The summed E-state index contributed by atoms with van der Waals surface area (Å²) in [7, 11) is 0. The molecule has 2 N–H and O–H groups in total. The normalized spacial score (nSPS) is 17.3. The number of nitrogens with one attached hydrogen (secondary N) is 2. The molecule has 0 aromatic heterocycles. The first kappa shape index (κ1) is 12.9. The number of carbonyl (C=O) groups is 1. The average Bonchev–Trinajstić information content (AvgIpc) is 2.72. The summed E-state index contributed by atoms with van der Waals surface area (Å²) in [5.74, 6) is 0.0374. The molecule has 0 spiro atoms. The van der Waals surface area contributed by atoms with Crippen LogP contribution < -0.4 is 10.6 Å². The first-order valence-corrected chi connectivity index (χ1v) is 7.44. The number of fused-ring (bicyclic) bond motifs is 2. The molecule has 3 aromatic carbocycles. The lowest BCUT2D eigenvalue weighted by molar-refractivity contribution is -0.116. The van der Waals surface area contributed by atoms with Crippen molar-refractivity contribution in [3.8, 4) is 0 Å². The molecule has 3 heteroatoms. The van der Waals surface area contributed by atoms with Gasteiger partial charge in [0.25, 0.3) is 0 Å². The summed E-state index contributed by atoms with van der Waals surface area (Å²) in [4.78, 5) is 12.2. The molecule has 3 aromatic rings. The van der Waals surface area contributed by atoms with Crippen LogP contribution in [0.25, 0.3) is 10.8 Å². The molecule has 108 valence electrons. The molecule has 0 fully saturated rings. The fourth-order valence-electron chi connectivity index (χ4n) is 3.09. The van der Waals surface area contributed by atoms with Gasteiger partial charge in [0.1, 0.15) is 0 Å². The Morgan fingerprint density at radius 3 is 2.45 bits per heavy atom. The molecule has 0 saturated carbocycles. The van der Waals surface area contributed by atoms with Crippen molar-refractivity contribution in [1.82, 2.24) is 0 Å². The number of hydrogen-bond donors (Lipinski definition) is 2. The van der Waals surface area contributed by atoms with E-state index in [9.17, 15) is 4.79 Å². The van der Waals surface area contributed by atoms with E-state index in [0.29, 0.717) is 6.42 Å². The Balaban J connectivity index is 1.83. The van der Waals surface area contributed by atoms with Gasteiger partial charge in [0, 0.05) is 0 Å². The van der Waals surface area contributed by atoms with Gasteiger partial charge in [0.15, 0.2) is 0 Å². The quantitative estimate of drug-likeness (QED) is 0.699. The summed E-state index contributed by atoms with van der Waals surface area (Å²) in [6.45, 7) is 0. The molecule has 0 bridgehead atoms. The van der Waals surface area contributed by atoms with E-state index in [2.05, 4.69) is 34.9 Å². The standard InChI is InChI=1S/C19H16N2O/c22-19-12-18(20-16-10-3-4-11-17(16)21-19)15-9-5-7-13-6-1-2-8-14(13)15/h1-11,18,20H,12H2,(H,21,22). The van der Waals surface area contributed by atoms with E-state index in [-0.39, 0.29) is 11.9 Å². The first-order valence-electron chi connectivity index (χ1n) is 7.44. The molecule has 4 rings (SSSR count). The van der Waals surface area contributed by atoms with E-state index in [1.807, 2.05) is 42.5 Å². The maximum Gasteiger partial charge on any atom is 0.226 e. The molecule has 1 aliphatic heterocycles.